The zero-order valence-electron chi connectivity index (χ0n) is 11.3. The predicted octanol–water partition coefficient (Wildman–Crippen LogP) is 2.01. The van der Waals surface area contributed by atoms with Crippen LogP contribution in [-0.2, 0) is 4.74 Å². The number of benzene rings is 1. The van der Waals surface area contributed by atoms with Gasteiger partial charge in [-0.05, 0) is 37.5 Å². The number of urea groups is 1. The van der Waals surface area contributed by atoms with Crippen LogP contribution in [0, 0.1) is 0 Å². The first-order valence-electron chi connectivity index (χ1n) is 6.54. The quantitative estimate of drug-likeness (QED) is 0.777. The largest absolute Gasteiger partial charge is 0.381 e. The lowest BCUT2D eigenvalue weighted by molar-refractivity contribution is 0.0210. The van der Waals surface area contributed by atoms with Gasteiger partial charge in [-0.2, -0.15) is 0 Å². The molecule has 1 aromatic rings. The molecule has 104 valence electrons. The van der Waals surface area contributed by atoms with Crippen LogP contribution < -0.4 is 16.4 Å². The molecule has 0 aliphatic heterocycles. The topological polar surface area (TPSA) is 76.4 Å². The van der Waals surface area contributed by atoms with Gasteiger partial charge in [-0.3, -0.25) is 0 Å². The number of carbonyl (C=O) groups excluding carboxylic acids is 1. The summed E-state index contributed by atoms with van der Waals surface area (Å²) in [5.74, 6) is 0. The minimum absolute atomic E-state index is 0.00355. The fourth-order valence-electron chi connectivity index (χ4n) is 2.10. The summed E-state index contributed by atoms with van der Waals surface area (Å²) in [7, 11) is 1.70. The lowest BCUT2D eigenvalue weighted by atomic mass is 9.89. The van der Waals surface area contributed by atoms with Gasteiger partial charge in [-0.15, -0.1) is 0 Å². The van der Waals surface area contributed by atoms with Crippen molar-refractivity contribution >= 4 is 11.7 Å². The normalized spacial score (nSPS) is 23.3. The molecule has 0 aromatic heterocycles. The van der Waals surface area contributed by atoms with E-state index >= 15 is 0 Å². The Bertz CT molecular complexity index is 425. The number of methoxy groups -OCH3 is 1. The Morgan fingerprint density at radius 1 is 1.37 bits per heavy atom. The molecule has 1 aromatic carbocycles. The van der Waals surface area contributed by atoms with Crippen LogP contribution in [0.25, 0.3) is 0 Å². The third-order valence-corrected chi connectivity index (χ3v) is 3.46. The van der Waals surface area contributed by atoms with Crippen molar-refractivity contribution < 1.29 is 9.53 Å². The van der Waals surface area contributed by atoms with Crippen molar-refractivity contribution in [2.45, 2.75) is 38.0 Å². The van der Waals surface area contributed by atoms with Crippen LogP contribution in [0.5, 0.6) is 0 Å². The monoisotopic (exact) mass is 263 g/mol. The van der Waals surface area contributed by atoms with E-state index < -0.39 is 0 Å². The zero-order valence-corrected chi connectivity index (χ0v) is 11.3. The molecule has 5 nitrogen and oxygen atoms in total. The SMILES string of the molecule is COC1CC(NC(=O)Nc2ccc(C(C)N)cc2)C1. The molecule has 0 heterocycles. The van der Waals surface area contributed by atoms with Crippen molar-refractivity contribution in [3.8, 4) is 0 Å². The van der Waals surface area contributed by atoms with E-state index in [1.807, 2.05) is 31.2 Å². The maximum atomic E-state index is 11.7. The minimum atomic E-state index is -0.173. The summed E-state index contributed by atoms with van der Waals surface area (Å²) < 4.78 is 5.17. The van der Waals surface area contributed by atoms with Gasteiger partial charge in [0, 0.05) is 24.9 Å². The van der Waals surface area contributed by atoms with Crippen LogP contribution in [0.15, 0.2) is 24.3 Å². The smallest absolute Gasteiger partial charge is 0.319 e. The zero-order chi connectivity index (χ0) is 13.8. The molecule has 0 spiro atoms. The Hall–Kier alpha value is -1.59. The highest BCUT2D eigenvalue weighted by molar-refractivity contribution is 5.89. The van der Waals surface area contributed by atoms with E-state index in [0.29, 0.717) is 0 Å². The number of anilines is 1. The molecular weight excluding hydrogens is 242 g/mol. The van der Waals surface area contributed by atoms with Gasteiger partial charge in [-0.25, -0.2) is 4.79 Å². The van der Waals surface area contributed by atoms with Gasteiger partial charge in [0.25, 0.3) is 0 Å². The number of hydrogen-bond donors (Lipinski definition) is 3. The second-order valence-electron chi connectivity index (χ2n) is 5.04. The number of hydrogen-bond acceptors (Lipinski definition) is 3. The first kappa shape index (κ1) is 13.8. The molecule has 1 atom stereocenters. The number of nitrogens with two attached hydrogens (primary N) is 1. The van der Waals surface area contributed by atoms with Crippen LogP contribution in [0.4, 0.5) is 10.5 Å². The van der Waals surface area contributed by atoms with E-state index in [0.717, 1.165) is 24.1 Å². The van der Waals surface area contributed by atoms with Gasteiger partial charge < -0.3 is 21.1 Å². The number of ether oxygens (including phenoxy) is 1. The van der Waals surface area contributed by atoms with Crippen molar-refractivity contribution in [3.05, 3.63) is 29.8 Å². The van der Waals surface area contributed by atoms with E-state index in [9.17, 15) is 4.79 Å². The van der Waals surface area contributed by atoms with Crippen LogP contribution in [0.1, 0.15) is 31.4 Å². The Morgan fingerprint density at radius 3 is 2.53 bits per heavy atom. The number of amides is 2. The van der Waals surface area contributed by atoms with Crippen LogP contribution in [0.2, 0.25) is 0 Å². The summed E-state index contributed by atoms with van der Waals surface area (Å²) in [6.45, 7) is 1.93. The molecule has 1 aliphatic rings. The molecule has 4 N–H and O–H groups in total. The van der Waals surface area contributed by atoms with Crippen LogP contribution in [-0.4, -0.2) is 25.3 Å². The minimum Gasteiger partial charge on any atom is -0.381 e. The van der Waals surface area contributed by atoms with Crippen LogP contribution >= 0.6 is 0 Å². The molecule has 19 heavy (non-hydrogen) atoms. The summed E-state index contributed by atoms with van der Waals surface area (Å²) in [6, 6.07) is 7.61. The first-order valence-corrected chi connectivity index (χ1v) is 6.54. The summed E-state index contributed by atoms with van der Waals surface area (Å²) in [6.07, 6.45) is 2.05. The Labute approximate surface area is 113 Å². The van der Waals surface area contributed by atoms with E-state index in [-0.39, 0.29) is 24.2 Å². The van der Waals surface area contributed by atoms with Crippen molar-refractivity contribution in [1.29, 1.82) is 0 Å². The van der Waals surface area contributed by atoms with Crippen LogP contribution in [0.3, 0.4) is 0 Å². The molecular formula is C14H21N3O2. The molecule has 0 radical (unpaired) electrons. The van der Waals surface area contributed by atoms with Gasteiger partial charge in [0.1, 0.15) is 0 Å². The molecule has 1 aliphatic carbocycles. The van der Waals surface area contributed by atoms with E-state index in [1.165, 1.54) is 0 Å². The van der Waals surface area contributed by atoms with Gasteiger partial charge in [0.05, 0.1) is 6.10 Å². The maximum absolute atomic E-state index is 11.7. The van der Waals surface area contributed by atoms with Gasteiger partial charge in [0.15, 0.2) is 0 Å². The fourth-order valence-corrected chi connectivity index (χ4v) is 2.10. The standard InChI is InChI=1S/C14H21N3O2/c1-9(15)10-3-5-11(6-4-10)16-14(18)17-12-7-13(8-12)19-2/h3-6,9,12-13H,7-8,15H2,1-2H3,(H2,16,17,18). The summed E-state index contributed by atoms with van der Waals surface area (Å²) in [5.41, 5.74) is 7.59. The van der Waals surface area contributed by atoms with E-state index in [2.05, 4.69) is 10.6 Å². The Kier molecular flexibility index (Phi) is 4.39. The molecule has 1 unspecified atom stereocenters. The van der Waals surface area contributed by atoms with Gasteiger partial charge in [0.2, 0.25) is 0 Å². The van der Waals surface area contributed by atoms with Crippen molar-refractivity contribution in [2.24, 2.45) is 5.73 Å². The molecule has 0 saturated heterocycles. The fraction of sp³-hybridized carbons (Fsp3) is 0.500. The Balaban J connectivity index is 1.79. The highest BCUT2D eigenvalue weighted by atomic mass is 16.5. The first-order chi connectivity index (χ1) is 9.08. The summed E-state index contributed by atoms with van der Waals surface area (Å²) in [4.78, 5) is 11.7. The molecule has 5 heteroatoms. The third kappa shape index (κ3) is 3.68. The summed E-state index contributed by atoms with van der Waals surface area (Å²) >= 11 is 0. The highest BCUT2D eigenvalue weighted by Gasteiger charge is 2.29. The summed E-state index contributed by atoms with van der Waals surface area (Å²) in [5, 5.41) is 5.72. The predicted molar refractivity (Wildman–Crippen MR) is 75.0 cm³/mol. The highest BCUT2D eigenvalue weighted by Crippen LogP contribution is 2.22. The number of carbonyl (C=O) groups is 1. The van der Waals surface area contributed by atoms with Crippen molar-refractivity contribution in [3.63, 3.8) is 0 Å². The lowest BCUT2D eigenvalue weighted by Gasteiger charge is -2.34. The van der Waals surface area contributed by atoms with Crippen molar-refractivity contribution in [1.82, 2.24) is 5.32 Å². The second kappa shape index (κ2) is 6.04. The second-order valence-corrected chi connectivity index (χ2v) is 5.04. The molecule has 2 amide bonds. The Morgan fingerprint density at radius 2 is 2.00 bits per heavy atom. The molecule has 1 saturated carbocycles. The van der Waals surface area contributed by atoms with Gasteiger partial charge in [-0.1, -0.05) is 12.1 Å². The average Bonchev–Trinajstić information content (AvgIpc) is 2.33. The molecule has 0 bridgehead atoms. The molecule has 1 fully saturated rings. The molecule has 2 rings (SSSR count). The average molecular weight is 263 g/mol. The van der Waals surface area contributed by atoms with E-state index in [4.69, 9.17) is 10.5 Å². The lowest BCUT2D eigenvalue weighted by Crippen LogP contribution is -2.48. The maximum Gasteiger partial charge on any atom is 0.319 e. The van der Waals surface area contributed by atoms with Gasteiger partial charge >= 0.3 is 6.03 Å². The number of rotatable bonds is 4. The van der Waals surface area contributed by atoms with Crippen molar-refractivity contribution in [2.75, 3.05) is 12.4 Å². The number of nitrogens with one attached hydrogen (secondary N) is 2. The van der Waals surface area contributed by atoms with E-state index in [1.54, 1.807) is 7.11 Å². The third-order valence-electron chi connectivity index (χ3n) is 3.46.